The number of aryl methyl sites for hydroxylation is 1. The molecule has 2 rings (SSSR count). The minimum Gasteiger partial charge on any atom is -0.486 e. The number of Topliss-reactive ketones (excluding diaryl/α,β-unsaturated/α-hetero) is 1. The first kappa shape index (κ1) is 13.9. The van der Waals surface area contributed by atoms with Crippen molar-refractivity contribution in [2.45, 2.75) is 39.2 Å². The fraction of sp³-hybridized carbons (Fsp3) is 0.533. The summed E-state index contributed by atoms with van der Waals surface area (Å²) in [5, 5.41) is 0. The molecule has 0 saturated carbocycles. The molecule has 104 valence electrons. The molecule has 0 aromatic heterocycles. The number of benzene rings is 1. The summed E-state index contributed by atoms with van der Waals surface area (Å²) in [6.07, 6.45) is 1.11. The maximum atomic E-state index is 12.2. The SMILES string of the molecule is Cc1cc2c(cc1C(=O)CCC(C)(C)N)OCCO2. The zero-order valence-corrected chi connectivity index (χ0v) is 11.8. The highest BCUT2D eigenvalue weighted by Crippen LogP contribution is 2.33. The predicted molar refractivity (Wildman–Crippen MR) is 74.0 cm³/mol. The van der Waals surface area contributed by atoms with Crippen LogP contribution in [0.3, 0.4) is 0 Å². The van der Waals surface area contributed by atoms with E-state index in [4.69, 9.17) is 15.2 Å². The van der Waals surface area contributed by atoms with Crippen molar-refractivity contribution in [3.8, 4) is 11.5 Å². The minimum atomic E-state index is -0.322. The zero-order chi connectivity index (χ0) is 14.0. The lowest BCUT2D eigenvalue weighted by atomic mass is 9.94. The van der Waals surface area contributed by atoms with Crippen LogP contribution in [0.2, 0.25) is 0 Å². The molecule has 4 heteroatoms. The van der Waals surface area contributed by atoms with Crippen LogP contribution in [0.4, 0.5) is 0 Å². The van der Waals surface area contributed by atoms with Gasteiger partial charge in [-0.2, -0.15) is 0 Å². The molecule has 1 aromatic rings. The van der Waals surface area contributed by atoms with E-state index < -0.39 is 0 Å². The number of ketones is 1. The van der Waals surface area contributed by atoms with E-state index in [0.29, 0.717) is 37.4 Å². The topological polar surface area (TPSA) is 61.6 Å². The molecule has 2 N–H and O–H groups in total. The van der Waals surface area contributed by atoms with Crippen molar-refractivity contribution in [1.29, 1.82) is 0 Å². The molecule has 1 heterocycles. The Hall–Kier alpha value is -1.55. The van der Waals surface area contributed by atoms with E-state index in [9.17, 15) is 4.79 Å². The lowest BCUT2D eigenvalue weighted by molar-refractivity contribution is 0.0970. The van der Waals surface area contributed by atoms with Gasteiger partial charge in [0, 0.05) is 17.5 Å². The molecule has 0 amide bonds. The summed E-state index contributed by atoms with van der Waals surface area (Å²) >= 11 is 0. The third-order valence-electron chi connectivity index (χ3n) is 3.19. The van der Waals surface area contributed by atoms with Crippen molar-refractivity contribution < 1.29 is 14.3 Å². The molecule has 0 spiro atoms. The first-order valence-electron chi connectivity index (χ1n) is 6.59. The van der Waals surface area contributed by atoms with Gasteiger partial charge in [-0.1, -0.05) is 0 Å². The van der Waals surface area contributed by atoms with E-state index in [0.717, 1.165) is 11.3 Å². The van der Waals surface area contributed by atoms with Crippen molar-refractivity contribution in [2.24, 2.45) is 5.73 Å². The lowest BCUT2D eigenvalue weighted by Crippen LogP contribution is -2.32. The Bertz CT molecular complexity index is 489. The molecule has 19 heavy (non-hydrogen) atoms. The second kappa shape index (κ2) is 5.21. The Balaban J connectivity index is 2.17. The summed E-state index contributed by atoms with van der Waals surface area (Å²) in [4.78, 5) is 12.2. The number of nitrogens with two attached hydrogens (primary N) is 1. The summed E-state index contributed by atoms with van der Waals surface area (Å²) in [6, 6.07) is 3.66. The van der Waals surface area contributed by atoms with Gasteiger partial charge in [0.2, 0.25) is 0 Å². The van der Waals surface area contributed by atoms with E-state index in [-0.39, 0.29) is 11.3 Å². The van der Waals surface area contributed by atoms with Crippen molar-refractivity contribution >= 4 is 5.78 Å². The van der Waals surface area contributed by atoms with Crippen LogP contribution in [0.5, 0.6) is 11.5 Å². The van der Waals surface area contributed by atoms with Gasteiger partial charge in [-0.25, -0.2) is 0 Å². The zero-order valence-electron chi connectivity index (χ0n) is 11.8. The Labute approximate surface area is 113 Å². The van der Waals surface area contributed by atoms with Crippen molar-refractivity contribution in [3.05, 3.63) is 23.3 Å². The number of hydrogen-bond donors (Lipinski definition) is 1. The number of carbonyl (C=O) groups excluding carboxylic acids is 1. The normalized spacial score (nSPS) is 14.3. The van der Waals surface area contributed by atoms with Crippen LogP contribution in [-0.4, -0.2) is 24.5 Å². The van der Waals surface area contributed by atoms with E-state index in [1.54, 1.807) is 6.07 Å². The summed E-state index contributed by atoms with van der Waals surface area (Å²) in [6.45, 7) is 6.85. The van der Waals surface area contributed by atoms with Gasteiger partial charge in [-0.05, 0) is 44.9 Å². The molecule has 1 aromatic carbocycles. The molecule has 1 aliphatic heterocycles. The molecular formula is C15H21NO3. The van der Waals surface area contributed by atoms with E-state index in [2.05, 4.69) is 0 Å². The molecule has 0 atom stereocenters. The van der Waals surface area contributed by atoms with Gasteiger partial charge in [0.1, 0.15) is 13.2 Å². The first-order valence-corrected chi connectivity index (χ1v) is 6.59. The second-order valence-electron chi connectivity index (χ2n) is 5.72. The average Bonchev–Trinajstić information content (AvgIpc) is 2.34. The van der Waals surface area contributed by atoms with Crippen LogP contribution in [0, 0.1) is 6.92 Å². The molecular weight excluding hydrogens is 242 g/mol. The minimum absolute atomic E-state index is 0.105. The molecule has 0 fully saturated rings. The maximum absolute atomic E-state index is 12.2. The van der Waals surface area contributed by atoms with Gasteiger partial charge < -0.3 is 15.2 Å². The highest BCUT2D eigenvalue weighted by molar-refractivity contribution is 5.98. The monoisotopic (exact) mass is 263 g/mol. The first-order chi connectivity index (χ1) is 8.87. The molecule has 0 radical (unpaired) electrons. The number of rotatable bonds is 4. The van der Waals surface area contributed by atoms with Crippen molar-refractivity contribution in [1.82, 2.24) is 0 Å². The van der Waals surface area contributed by atoms with Crippen LogP contribution in [0.15, 0.2) is 12.1 Å². The largest absolute Gasteiger partial charge is 0.486 e. The average molecular weight is 263 g/mol. The lowest BCUT2D eigenvalue weighted by Gasteiger charge is -2.21. The Morgan fingerprint density at radius 3 is 2.42 bits per heavy atom. The van der Waals surface area contributed by atoms with Gasteiger partial charge in [-0.15, -0.1) is 0 Å². The fourth-order valence-corrected chi connectivity index (χ4v) is 2.06. The second-order valence-corrected chi connectivity index (χ2v) is 5.72. The number of carbonyl (C=O) groups is 1. The maximum Gasteiger partial charge on any atom is 0.163 e. The third kappa shape index (κ3) is 3.47. The highest BCUT2D eigenvalue weighted by Gasteiger charge is 2.19. The van der Waals surface area contributed by atoms with Crippen molar-refractivity contribution in [3.63, 3.8) is 0 Å². The van der Waals surface area contributed by atoms with Gasteiger partial charge in [0.25, 0.3) is 0 Å². The predicted octanol–water partition coefficient (Wildman–Crippen LogP) is 2.47. The van der Waals surface area contributed by atoms with Crippen LogP contribution in [0.1, 0.15) is 42.6 Å². The number of hydrogen-bond acceptors (Lipinski definition) is 4. The summed E-state index contributed by atoms with van der Waals surface area (Å²) < 4.78 is 11.0. The highest BCUT2D eigenvalue weighted by atomic mass is 16.6. The molecule has 1 aliphatic rings. The van der Waals surface area contributed by atoms with Gasteiger partial charge >= 0.3 is 0 Å². The number of ether oxygens (including phenoxy) is 2. The van der Waals surface area contributed by atoms with Crippen molar-refractivity contribution in [2.75, 3.05) is 13.2 Å². The smallest absolute Gasteiger partial charge is 0.163 e. The van der Waals surface area contributed by atoms with Crippen LogP contribution in [-0.2, 0) is 0 Å². The van der Waals surface area contributed by atoms with E-state index >= 15 is 0 Å². The van der Waals surface area contributed by atoms with Crippen LogP contribution >= 0.6 is 0 Å². The molecule has 0 aliphatic carbocycles. The van der Waals surface area contributed by atoms with Crippen LogP contribution in [0.25, 0.3) is 0 Å². The van der Waals surface area contributed by atoms with Crippen LogP contribution < -0.4 is 15.2 Å². The summed E-state index contributed by atoms with van der Waals surface area (Å²) in [7, 11) is 0. The Kier molecular flexibility index (Phi) is 3.80. The Morgan fingerprint density at radius 2 is 1.84 bits per heavy atom. The Morgan fingerprint density at radius 1 is 1.26 bits per heavy atom. The van der Waals surface area contributed by atoms with Gasteiger partial charge in [-0.3, -0.25) is 4.79 Å². The summed E-state index contributed by atoms with van der Waals surface area (Å²) in [5.41, 5.74) is 7.21. The fourth-order valence-electron chi connectivity index (χ4n) is 2.06. The third-order valence-corrected chi connectivity index (χ3v) is 3.19. The van der Waals surface area contributed by atoms with E-state index in [1.165, 1.54) is 0 Å². The van der Waals surface area contributed by atoms with Gasteiger partial charge in [0.05, 0.1) is 0 Å². The number of fused-ring (bicyclic) bond motifs is 1. The summed E-state index contributed by atoms with van der Waals surface area (Å²) in [5.74, 6) is 1.49. The molecule has 0 saturated heterocycles. The quantitative estimate of drug-likeness (QED) is 0.848. The van der Waals surface area contributed by atoms with E-state index in [1.807, 2.05) is 26.8 Å². The molecule has 0 unspecified atom stereocenters. The molecule has 0 bridgehead atoms. The standard InChI is InChI=1S/C15H21NO3/c1-10-8-13-14(19-7-6-18-13)9-11(10)12(17)4-5-15(2,3)16/h8-9H,4-7,16H2,1-3H3. The molecule has 4 nitrogen and oxygen atoms in total. The van der Waals surface area contributed by atoms with Gasteiger partial charge in [0.15, 0.2) is 17.3 Å².